The number of nitrogens with one attached hydrogen (secondary N) is 1. The maximum Gasteiger partial charge on any atom is 0.193 e. The number of aryl methyl sites for hydroxylation is 1. The molecule has 0 bridgehead atoms. The zero-order chi connectivity index (χ0) is 20.2. The van der Waals surface area contributed by atoms with Crippen LogP contribution in [0.4, 0.5) is 5.69 Å². The van der Waals surface area contributed by atoms with Gasteiger partial charge in [-0.05, 0) is 48.9 Å². The van der Waals surface area contributed by atoms with E-state index in [-0.39, 0.29) is 24.0 Å². The third-order valence-electron chi connectivity index (χ3n) is 4.38. The first-order valence-electron chi connectivity index (χ1n) is 9.65. The summed E-state index contributed by atoms with van der Waals surface area (Å²) in [5, 5.41) is 3.12. The number of methoxy groups -OCH3 is 1. The van der Waals surface area contributed by atoms with Gasteiger partial charge in [-0.25, -0.2) is 4.99 Å². The molecule has 29 heavy (non-hydrogen) atoms. The van der Waals surface area contributed by atoms with Gasteiger partial charge in [0.05, 0.1) is 13.2 Å². The minimum Gasteiger partial charge on any atom is -0.492 e. The molecule has 2 aromatic carbocycles. The lowest BCUT2D eigenvalue weighted by molar-refractivity contribution is 0.150. The van der Waals surface area contributed by atoms with Gasteiger partial charge in [-0.3, -0.25) is 0 Å². The number of likely N-dealkylation sites (N-methyl/N-ethyl adjacent to an activating group) is 1. The van der Waals surface area contributed by atoms with E-state index in [0.29, 0.717) is 19.1 Å². The Morgan fingerprint density at radius 1 is 1.07 bits per heavy atom. The Morgan fingerprint density at radius 3 is 2.48 bits per heavy atom. The van der Waals surface area contributed by atoms with Gasteiger partial charge in [0, 0.05) is 25.9 Å². The molecule has 2 rings (SSSR count). The Hall–Kier alpha value is -1.84. The zero-order valence-corrected chi connectivity index (χ0v) is 19.9. The SMILES string of the molecule is CCc1ccc(NC(N)=NCc2cccc(OCCN(C)CCOC)c2)cc1.I. The van der Waals surface area contributed by atoms with E-state index in [1.807, 2.05) is 36.4 Å². The molecule has 0 radical (unpaired) electrons. The van der Waals surface area contributed by atoms with E-state index in [2.05, 4.69) is 41.3 Å². The molecule has 2 aromatic rings. The van der Waals surface area contributed by atoms with Gasteiger partial charge in [-0.15, -0.1) is 24.0 Å². The van der Waals surface area contributed by atoms with Crippen LogP contribution in [0.25, 0.3) is 0 Å². The largest absolute Gasteiger partial charge is 0.492 e. The molecule has 0 unspecified atom stereocenters. The number of halogens is 1. The second-order valence-electron chi connectivity index (χ2n) is 6.67. The lowest BCUT2D eigenvalue weighted by Gasteiger charge is -2.16. The topological polar surface area (TPSA) is 72.1 Å². The average Bonchev–Trinajstić information content (AvgIpc) is 2.71. The molecule has 0 fully saturated rings. The van der Waals surface area contributed by atoms with E-state index in [4.69, 9.17) is 15.2 Å². The Labute approximate surface area is 191 Å². The molecule has 6 nitrogen and oxygen atoms in total. The van der Waals surface area contributed by atoms with E-state index in [1.54, 1.807) is 7.11 Å². The lowest BCUT2D eigenvalue weighted by atomic mass is 10.1. The number of nitrogens with two attached hydrogens (primary N) is 1. The average molecular weight is 512 g/mol. The van der Waals surface area contributed by atoms with Gasteiger partial charge in [0.1, 0.15) is 12.4 Å². The Morgan fingerprint density at radius 2 is 1.79 bits per heavy atom. The van der Waals surface area contributed by atoms with E-state index >= 15 is 0 Å². The lowest BCUT2D eigenvalue weighted by Crippen LogP contribution is -2.27. The highest BCUT2D eigenvalue weighted by Gasteiger charge is 2.01. The standard InChI is InChI=1S/C22H32N4O2.HI/c1-4-18-8-10-20(11-9-18)25-22(23)24-17-19-6-5-7-21(16-19)28-15-13-26(2)12-14-27-3;/h5-11,16H,4,12-15,17H2,1-3H3,(H3,23,24,25);1H. The molecular weight excluding hydrogens is 479 g/mol. The third-order valence-corrected chi connectivity index (χ3v) is 4.38. The molecule has 0 saturated carbocycles. The van der Waals surface area contributed by atoms with Crippen LogP contribution in [0.1, 0.15) is 18.1 Å². The quantitative estimate of drug-likeness (QED) is 0.273. The van der Waals surface area contributed by atoms with Crippen LogP contribution in [0.2, 0.25) is 0 Å². The number of hydrogen-bond donors (Lipinski definition) is 2. The van der Waals surface area contributed by atoms with Crippen molar-refractivity contribution in [2.24, 2.45) is 10.7 Å². The monoisotopic (exact) mass is 512 g/mol. The maximum absolute atomic E-state index is 6.01. The Kier molecular flexibility index (Phi) is 12.3. The maximum atomic E-state index is 6.01. The van der Waals surface area contributed by atoms with E-state index < -0.39 is 0 Å². The molecule has 0 aliphatic carbocycles. The highest BCUT2D eigenvalue weighted by Crippen LogP contribution is 2.14. The van der Waals surface area contributed by atoms with Crippen LogP contribution in [0.3, 0.4) is 0 Å². The smallest absolute Gasteiger partial charge is 0.193 e. The molecule has 7 heteroatoms. The van der Waals surface area contributed by atoms with Crippen LogP contribution >= 0.6 is 24.0 Å². The van der Waals surface area contributed by atoms with Crippen LogP contribution in [-0.2, 0) is 17.7 Å². The number of nitrogens with zero attached hydrogens (tertiary/aromatic N) is 2. The molecule has 0 aliphatic heterocycles. The van der Waals surface area contributed by atoms with Crippen molar-refractivity contribution in [3.05, 3.63) is 59.7 Å². The summed E-state index contributed by atoms with van der Waals surface area (Å²) in [6.45, 7) is 5.72. The first kappa shape index (κ1) is 25.2. The van der Waals surface area contributed by atoms with E-state index in [9.17, 15) is 0 Å². The third kappa shape index (κ3) is 9.96. The molecule has 0 amide bonds. The Balaban J connectivity index is 0.00000420. The number of benzene rings is 2. The van der Waals surface area contributed by atoms with Gasteiger partial charge >= 0.3 is 0 Å². The van der Waals surface area contributed by atoms with Crippen LogP contribution in [0.5, 0.6) is 5.75 Å². The zero-order valence-electron chi connectivity index (χ0n) is 17.6. The molecule has 0 spiro atoms. The van der Waals surface area contributed by atoms with Crippen LogP contribution < -0.4 is 15.8 Å². The first-order chi connectivity index (χ1) is 13.6. The predicted octanol–water partition coefficient (Wildman–Crippen LogP) is 3.75. The summed E-state index contributed by atoms with van der Waals surface area (Å²) in [7, 11) is 3.77. The molecule has 0 aliphatic rings. The minimum absolute atomic E-state index is 0. The minimum atomic E-state index is 0. The number of hydrogen-bond acceptors (Lipinski definition) is 4. The molecule has 0 saturated heterocycles. The van der Waals surface area contributed by atoms with Crippen molar-refractivity contribution in [2.45, 2.75) is 19.9 Å². The van der Waals surface area contributed by atoms with Gasteiger partial charge in [-0.1, -0.05) is 31.2 Å². The second kappa shape index (κ2) is 14.2. The Bertz CT molecular complexity index is 738. The molecule has 160 valence electrons. The summed E-state index contributed by atoms with van der Waals surface area (Å²) in [5.74, 6) is 1.24. The number of guanidine groups is 1. The fourth-order valence-electron chi connectivity index (χ4n) is 2.60. The van der Waals surface area contributed by atoms with E-state index in [0.717, 1.165) is 43.1 Å². The van der Waals surface area contributed by atoms with Gasteiger partial charge in [-0.2, -0.15) is 0 Å². The summed E-state index contributed by atoms with van der Waals surface area (Å²) in [5.41, 5.74) is 9.29. The van der Waals surface area contributed by atoms with Crippen molar-refractivity contribution in [2.75, 3.05) is 45.8 Å². The van der Waals surface area contributed by atoms with Gasteiger partial charge in [0.2, 0.25) is 0 Å². The van der Waals surface area contributed by atoms with E-state index in [1.165, 1.54) is 5.56 Å². The molecule has 3 N–H and O–H groups in total. The summed E-state index contributed by atoms with van der Waals surface area (Å²) in [6.07, 6.45) is 1.02. The van der Waals surface area contributed by atoms with Crippen molar-refractivity contribution in [3.8, 4) is 5.75 Å². The van der Waals surface area contributed by atoms with Crippen molar-refractivity contribution in [1.29, 1.82) is 0 Å². The summed E-state index contributed by atoms with van der Waals surface area (Å²) < 4.78 is 10.9. The summed E-state index contributed by atoms with van der Waals surface area (Å²) >= 11 is 0. The number of ether oxygens (including phenoxy) is 2. The number of rotatable bonds is 11. The molecule has 0 heterocycles. The van der Waals surface area contributed by atoms with Gasteiger partial charge in [0.15, 0.2) is 5.96 Å². The molecule has 0 atom stereocenters. The van der Waals surface area contributed by atoms with Crippen molar-refractivity contribution < 1.29 is 9.47 Å². The van der Waals surface area contributed by atoms with Crippen molar-refractivity contribution in [1.82, 2.24) is 4.90 Å². The number of anilines is 1. The van der Waals surface area contributed by atoms with Crippen molar-refractivity contribution in [3.63, 3.8) is 0 Å². The first-order valence-corrected chi connectivity index (χ1v) is 9.65. The molecular formula is C22H33IN4O2. The fourth-order valence-corrected chi connectivity index (χ4v) is 2.60. The number of aliphatic imine (C=N–C) groups is 1. The van der Waals surface area contributed by atoms with Gasteiger partial charge in [0.25, 0.3) is 0 Å². The summed E-state index contributed by atoms with van der Waals surface area (Å²) in [6, 6.07) is 16.2. The van der Waals surface area contributed by atoms with Gasteiger partial charge < -0.3 is 25.4 Å². The van der Waals surface area contributed by atoms with Crippen LogP contribution in [-0.4, -0.2) is 51.3 Å². The predicted molar refractivity (Wildman–Crippen MR) is 131 cm³/mol. The summed E-state index contributed by atoms with van der Waals surface area (Å²) in [4.78, 5) is 6.60. The fraction of sp³-hybridized carbons (Fsp3) is 0.409. The highest BCUT2D eigenvalue weighted by atomic mass is 127. The highest BCUT2D eigenvalue weighted by molar-refractivity contribution is 14.0. The second-order valence-corrected chi connectivity index (χ2v) is 6.67. The van der Waals surface area contributed by atoms with Crippen molar-refractivity contribution >= 4 is 35.6 Å². The molecule has 0 aromatic heterocycles. The van der Waals surface area contributed by atoms with Crippen LogP contribution in [0.15, 0.2) is 53.5 Å². The van der Waals surface area contributed by atoms with Crippen LogP contribution in [0, 0.1) is 0 Å². The normalized spacial score (nSPS) is 11.2.